The molecule has 6 heteroatoms. The van der Waals surface area contributed by atoms with Crippen molar-refractivity contribution in [3.05, 3.63) is 89.0 Å². The maximum absolute atomic E-state index is 12.9. The molecule has 0 fully saturated rings. The number of ether oxygens (including phenoxy) is 1. The average Bonchev–Trinajstić information content (AvgIpc) is 2.82. The van der Waals surface area contributed by atoms with Gasteiger partial charge in [0.15, 0.2) is 12.6 Å². The molecule has 0 aliphatic carbocycles. The second-order valence-corrected chi connectivity index (χ2v) is 9.07. The van der Waals surface area contributed by atoms with Gasteiger partial charge in [0.05, 0.1) is 11.1 Å². The van der Waals surface area contributed by atoms with Crippen LogP contribution in [0.4, 0.5) is 4.79 Å². The van der Waals surface area contributed by atoms with E-state index in [9.17, 15) is 19.5 Å². The van der Waals surface area contributed by atoms with Gasteiger partial charge in [-0.25, -0.2) is 4.79 Å². The maximum atomic E-state index is 12.9. The molecule has 0 spiro atoms. The summed E-state index contributed by atoms with van der Waals surface area (Å²) in [4.78, 5) is 37.0. The zero-order valence-corrected chi connectivity index (χ0v) is 19.7. The number of hydrogen-bond donors (Lipinski definition) is 1. The molecule has 176 valence electrons. The quantitative estimate of drug-likeness (QED) is 0.439. The molecular formula is C28H29NO5. The van der Waals surface area contributed by atoms with Crippen molar-refractivity contribution in [2.45, 2.75) is 39.3 Å². The predicted molar refractivity (Wildman–Crippen MR) is 131 cm³/mol. The number of nitrogens with zero attached hydrogens (tertiary/aromatic N) is 1. The van der Waals surface area contributed by atoms with E-state index in [2.05, 4.69) is 0 Å². The minimum atomic E-state index is -0.652. The number of aromatic hydroxyl groups is 1. The highest BCUT2D eigenvalue weighted by atomic mass is 16.6. The van der Waals surface area contributed by atoms with Crippen LogP contribution in [0.2, 0.25) is 0 Å². The molecule has 0 radical (unpaired) electrons. The van der Waals surface area contributed by atoms with Crippen LogP contribution >= 0.6 is 0 Å². The van der Waals surface area contributed by atoms with Gasteiger partial charge in [0.1, 0.15) is 11.4 Å². The molecule has 0 bridgehead atoms. The molecule has 6 nitrogen and oxygen atoms in total. The van der Waals surface area contributed by atoms with Crippen LogP contribution in [0.25, 0.3) is 11.1 Å². The van der Waals surface area contributed by atoms with E-state index < -0.39 is 11.7 Å². The smallest absolute Gasteiger partial charge is 0.410 e. The van der Waals surface area contributed by atoms with Gasteiger partial charge >= 0.3 is 6.09 Å². The van der Waals surface area contributed by atoms with Gasteiger partial charge in [0.25, 0.3) is 0 Å². The van der Waals surface area contributed by atoms with E-state index in [4.69, 9.17) is 4.74 Å². The maximum Gasteiger partial charge on any atom is 0.410 e. The van der Waals surface area contributed by atoms with Crippen LogP contribution in [0.5, 0.6) is 5.75 Å². The number of carbonyl (C=O) groups is 3. The van der Waals surface area contributed by atoms with Crippen molar-refractivity contribution in [1.82, 2.24) is 4.90 Å². The summed E-state index contributed by atoms with van der Waals surface area (Å²) in [5.74, 6) is -0.337. The van der Waals surface area contributed by atoms with E-state index in [1.165, 1.54) is 12.1 Å². The van der Waals surface area contributed by atoms with Crippen molar-refractivity contribution in [2.24, 2.45) is 0 Å². The standard InChI is InChI=1S/C28H29NO5/c1-28(2,3)34-27(33)29(14-13-21-15-24(18-30)26(32)25(16-21)19-31)17-20-9-11-23(12-10-20)22-7-5-4-6-8-22/h4-12,15-16,18-19,32H,13-14,17H2,1-3H3. The van der Waals surface area contributed by atoms with Gasteiger partial charge in [-0.05, 0) is 61.6 Å². The molecule has 3 aromatic rings. The summed E-state index contributed by atoms with van der Waals surface area (Å²) in [6, 6.07) is 21.1. The molecule has 0 saturated carbocycles. The lowest BCUT2D eigenvalue weighted by molar-refractivity contribution is 0.0235. The molecular weight excluding hydrogens is 430 g/mol. The number of carbonyl (C=O) groups excluding carboxylic acids is 3. The Kier molecular flexibility index (Phi) is 7.84. The normalized spacial score (nSPS) is 11.0. The Labute approximate surface area is 199 Å². The van der Waals surface area contributed by atoms with Crippen molar-refractivity contribution in [3.8, 4) is 16.9 Å². The molecule has 34 heavy (non-hydrogen) atoms. The zero-order chi connectivity index (χ0) is 24.7. The van der Waals surface area contributed by atoms with Crippen molar-refractivity contribution in [2.75, 3.05) is 6.54 Å². The van der Waals surface area contributed by atoms with Crippen LogP contribution in [0.1, 0.15) is 52.6 Å². The number of phenols is 1. The van der Waals surface area contributed by atoms with E-state index >= 15 is 0 Å². The lowest BCUT2D eigenvalue weighted by atomic mass is 10.0. The van der Waals surface area contributed by atoms with Gasteiger partial charge in [0.2, 0.25) is 0 Å². The summed E-state index contributed by atoms with van der Waals surface area (Å²) in [5, 5.41) is 9.96. The topological polar surface area (TPSA) is 83.9 Å². The lowest BCUT2D eigenvalue weighted by Crippen LogP contribution is -2.37. The van der Waals surface area contributed by atoms with Crippen LogP contribution in [0.3, 0.4) is 0 Å². The molecule has 0 unspecified atom stereocenters. The molecule has 1 N–H and O–H groups in total. The van der Waals surface area contributed by atoms with Crippen LogP contribution in [0.15, 0.2) is 66.7 Å². The molecule has 0 aromatic heterocycles. The highest BCUT2D eigenvalue weighted by molar-refractivity contribution is 5.88. The first-order chi connectivity index (χ1) is 16.2. The van der Waals surface area contributed by atoms with Gasteiger partial charge in [-0.2, -0.15) is 0 Å². The van der Waals surface area contributed by atoms with Crippen LogP contribution in [-0.2, 0) is 17.7 Å². The fraction of sp³-hybridized carbons (Fsp3) is 0.250. The Morgan fingerprint density at radius 3 is 1.97 bits per heavy atom. The molecule has 0 aliphatic rings. The number of aldehydes is 2. The zero-order valence-electron chi connectivity index (χ0n) is 19.7. The first-order valence-electron chi connectivity index (χ1n) is 11.1. The van der Waals surface area contributed by atoms with E-state index in [1.807, 2.05) is 75.4 Å². The molecule has 0 heterocycles. The molecule has 0 saturated heterocycles. The molecule has 0 atom stereocenters. The first kappa shape index (κ1) is 24.7. The minimum absolute atomic E-state index is 0.0416. The highest BCUT2D eigenvalue weighted by Crippen LogP contribution is 2.24. The van der Waals surface area contributed by atoms with Crippen molar-refractivity contribution in [1.29, 1.82) is 0 Å². The third kappa shape index (κ3) is 6.54. The van der Waals surface area contributed by atoms with Gasteiger partial charge < -0.3 is 14.7 Å². The predicted octanol–water partition coefficient (Wildman–Crippen LogP) is 5.66. The summed E-state index contributed by atoms with van der Waals surface area (Å²) in [6.45, 7) is 6.07. The minimum Gasteiger partial charge on any atom is -0.506 e. The van der Waals surface area contributed by atoms with Gasteiger partial charge in [0, 0.05) is 13.1 Å². The fourth-order valence-electron chi connectivity index (χ4n) is 3.55. The van der Waals surface area contributed by atoms with E-state index in [0.717, 1.165) is 16.7 Å². The second kappa shape index (κ2) is 10.8. The van der Waals surface area contributed by atoms with Gasteiger partial charge in [-0.1, -0.05) is 54.6 Å². The average molecular weight is 460 g/mol. The monoisotopic (exact) mass is 459 g/mol. The first-order valence-corrected chi connectivity index (χ1v) is 11.1. The molecule has 3 aromatic carbocycles. The van der Waals surface area contributed by atoms with Gasteiger partial charge in [-0.3, -0.25) is 9.59 Å². The van der Waals surface area contributed by atoms with Crippen LogP contribution in [0, 0.1) is 0 Å². The summed E-state index contributed by atoms with van der Waals surface area (Å²) in [6.07, 6.45) is 0.936. The molecule has 0 aliphatic heterocycles. The van der Waals surface area contributed by atoms with Crippen LogP contribution < -0.4 is 0 Å². The van der Waals surface area contributed by atoms with E-state index in [0.29, 0.717) is 37.6 Å². The third-order valence-corrected chi connectivity index (χ3v) is 5.24. The largest absolute Gasteiger partial charge is 0.506 e. The Morgan fingerprint density at radius 2 is 1.44 bits per heavy atom. The Balaban J connectivity index is 1.80. The van der Waals surface area contributed by atoms with E-state index in [-0.39, 0.29) is 16.9 Å². The lowest BCUT2D eigenvalue weighted by Gasteiger charge is -2.27. The highest BCUT2D eigenvalue weighted by Gasteiger charge is 2.22. The van der Waals surface area contributed by atoms with Crippen molar-refractivity contribution in [3.63, 3.8) is 0 Å². The summed E-state index contributed by atoms with van der Waals surface area (Å²) < 4.78 is 5.60. The molecule has 3 rings (SSSR count). The number of amides is 1. The summed E-state index contributed by atoms with van der Waals surface area (Å²) >= 11 is 0. The summed E-state index contributed by atoms with van der Waals surface area (Å²) in [5.41, 5.74) is 3.23. The van der Waals surface area contributed by atoms with E-state index in [1.54, 1.807) is 4.90 Å². The number of benzene rings is 3. The van der Waals surface area contributed by atoms with Crippen molar-refractivity contribution < 1.29 is 24.2 Å². The Morgan fingerprint density at radius 1 is 0.882 bits per heavy atom. The Hall–Kier alpha value is -3.93. The van der Waals surface area contributed by atoms with Crippen LogP contribution in [-0.4, -0.2) is 40.8 Å². The van der Waals surface area contributed by atoms with Gasteiger partial charge in [-0.15, -0.1) is 0 Å². The second-order valence-electron chi connectivity index (χ2n) is 9.07. The number of rotatable bonds is 8. The molecule has 1 amide bonds. The Bertz CT molecular complexity index is 1120. The fourth-order valence-corrected chi connectivity index (χ4v) is 3.55. The van der Waals surface area contributed by atoms with Crippen molar-refractivity contribution >= 4 is 18.7 Å². The number of phenolic OH excluding ortho intramolecular Hbond substituents is 1. The SMILES string of the molecule is CC(C)(C)OC(=O)N(CCc1cc(C=O)c(O)c(C=O)c1)Cc1ccc(-c2ccccc2)cc1. The summed E-state index contributed by atoms with van der Waals surface area (Å²) in [7, 11) is 0. The number of hydrogen-bond acceptors (Lipinski definition) is 5. The third-order valence-electron chi connectivity index (χ3n) is 5.24.